The number of nitrogen functional groups attached to an aromatic ring is 1. The number of H-pyrrole nitrogens is 1. The van der Waals surface area contributed by atoms with Gasteiger partial charge in [-0.3, -0.25) is 14.6 Å². The number of aromatic nitrogens is 4. The van der Waals surface area contributed by atoms with Gasteiger partial charge < -0.3 is 24.8 Å². The predicted molar refractivity (Wildman–Crippen MR) is 151 cm³/mol. The largest absolute Gasteiger partial charge is 0.468 e. The lowest BCUT2D eigenvalue weighted by Gasteiger charge is -2.48. The molecule has 2 saturated heterocycles. The standard InChI is InChI=1S/C27H35ClN8O4/c1-4-19-15-35(24-25(37)30-21(23(29)31-24)26-33-32-16(2)40-26)13-14-36(19)20-9-11-34(12-10-20)22(27(38)39-3)17-5-7-18(28)8-6-17/h5-8,19-20,22H,4,9-15H2,1-3H3,(H2,29,31)(H,30,37). The number of hydrogen-bond acceptors (Lipinski definition) is 11. The van der Waals surface area contributed by atoms with Crippen molar-refractivity contribution in [1.29, 1.82) is 0 Å². The summed E-state index contributed by atoms with van der Waals surface area (Å²) in [7, 11) is 1.43. The Balaban J connectivity index is 1.25. The van der Waals surface area contributed by atoms with Crippen LogP contribution in [0.1, 0.15) is 43.7 Å². The van der Waals surface area contributed by atoms with E-state index >= 15 is 0 Å². The first-order chi connectivity index (χ1) is 19.3. The van der Waals surface area contributed by atoms with Gasteiger partial charge in [-0.05, 0) is 37.0 Å². The third-order valence-electron chi connectivity index (χ3n) is 7.91. The van der Waals surface area contributed by atoms with Gasteiger partial charge in [0.05, 0.1) is 7.11 Å². The van der Waals surface area contributed by atoms with Crippen molar-refractivity contribution in [2.24, 2.45) is 0 Å². The molecule has 40 heavy (non-hydrogen) atoms. The molecular weight excluding hydrogens is 536 g/mol. The van der Waals surface area contributed by atoms with Crippen molar-refractivity contribution in [2.45, 2.75) is 51.2 Å². The Kier molecular flexibility index (Phi) is 8.38. The van der Waals surface area contributed by atoms with Crippen LogP contribution in [0.2, 0.25) is 5.02 Å². The molecule has 3 aromatic rings. The van der Waals surface area contributed by atoms with Gasteiger partial charge in [0.1, 0.15) is 11.7 Å². The fourth-order valence-corrected chi connectivity index (χ4v) is 5.99. The molecule has 2 aliphatic heterocycles. The summed E-state index contributed by atoms with van der Waals surface area (Å²) < 4.78 is 10.6. The minimum absolute atomic E-state index is 0.138. The van der Waals surface area contributed by atoms with Crippen molar-refractivity contribution in [3.63, 3.8) is 0 Å². The lowest BCUT2D eigenvalue weighted by atomic mass is 9.95. The van der Waals surface area contributed by atoms with E-state index in [2.05, 4.69) is 36.9 Å². The van der Waals surface area contributed by atoms with Crippen LogP contribution in [0.15, 0.2) is 33.5 Å². The number of ether oxygens (including phenoxy) is 1. The SMILES string of the molecule is CCC1CN(c2nc(N)c(-c3nnc(C)o3)[nH]c2=O)CCN1C1CCN(C(C(=O)OC)c2ccc(Cl)cc2)CC1. The molecule has 0 amide bonds. The average molecular weight is 571 g/mol. The lowest BCUT2D eigenvalue weighted by molar-refractivity contribution is -0.148. The molecule has 3 N–H and O–H groups in total. The monoisotopic (exact) mass is 570 g/mol. The molecule has 0 bridgehead atoms. The van der Waals surface area contributed by atoms with Gasteiger partial charge in [-0.1, -0.05) is 30.7 Å². The number of carbonyl (C=O) groups excluding carboxylic acids is 1. The second-order valence-electron chi connectivity index (χ2n) is 10.3. The van der Waals surface area contributed by atoms with E-state index in [1.807, 2.05) is 17.0 Å². The quantitative estimate of drug-likeness (QED) is 0.404. The van der Waals surface area contributed by atoms with Crippen molar-refractivity contribution >= 4 is 29.2 Å². The van der Waals surface area contributed by atoms with Gasteiger partial charge in [0.25, 0.3) is 11.4 Å². The number of rotatable bonds is 7. The van der Waals surface area contributed by atoms with Crippen molar-refractivity contribution in [2.75, 3.05) is 50.5 Å². The summed E-state index contributed by atoms with van der Waals surface area (Å²) in [6, 6.07) is 7.56. The van der Waals surface area contributed by atoms with Crippen LogP contribution in [0.3, 0.4) is 0 Å². The first-order valence-corrected chi connectivity index (χ1v) is 13.9. The highest BCUT2D eigenvalue weighted by molar-refractivity contribution is 6.30. The maximum Gasteiger partial charge on any atom is 0.327 e. The van der Waals surface area contributed by atoms with Crippen molar-refractivity contribution < 1.29 is 13.9 Å². The number of likely N-dealkylation sites (tertiary alicyclic amines) is 1. The van der Waals surface area contributed by atoms with Crippen molar-refractivity contribution in [3.05, 3.63) is 51.1 Å². The Labute approximate surface area is 237 Å². The average Bonchev–Trinajstić information content (AvgIpc) is 3.41. The Hall–Kier alpha value is -3.48. The summed E-state index contributed by atoms with van der Waals surface area (Å²) in [5, 5.41) is 8.37. The maximum atomic E-state index is 13.0. The fourth-order valence-electron chi connectivity index (χ4n) is 5.86. The van der Waals surface area contributed by atoms with Gasteiger partial charge in [0.15, 0.2) is 11.6 Å². The molecule has 2 atom stereocenters. The Morgan fingerprint density at radius 3 is 2.55 bits per heavy atom. The highest BCUT2D eigenvalue weighted by atomic mass is 35.5. The van der Waals surface area contributed by atoms with Crippen LogP contribution >= 0.6 is 11.6 Å². The Bertz CT molecular complexity index is 1390. The van der Waals surface area contributed by atoms with E-state index in [-0.39, 0.29) is 35.0 Å². The third kappa shape index (κ3) is 5.70. The van der Waals surface area contributed by atoms with Crippen LogP contribution < -0.4 is 16.2 Å². The fraction of sp³-hybridized carbons (Fsp3) is 0.519. The van der Waals surface area contributed by atoms with Gasteiger partial charge in [-0.2, -0.15) is 0 Å². The number of nitrogens with zero attached hydrogens (tertiary/aromatic N) is 6. The van der Waals surface area contributed by atoms with E-state index in [1.165, 1.54) is 7.11 Å². The Morgan fingerprint density at radius 1 is 1.20 bits per heavy atom. The second kappa shape index (κ2) is 11.9. The first kappa shape index (κ1) is 28.1. The molecule has 0 radical (unpaired) electrons. The van der Waals surface area contributed by atoms with E-state index in [0.29, 0.717) is 35.9 Å². The zero-order valence-corrected chi connectivity index (χ0v) is 23.7. The number of hydrogen-bond donors (Lipinski definition) is 2. The molecule has 2 aromatic heterocycles. The number of benzene rings is 1. The molecular formula is C27H35ClN8O4. The van der Waals surface area contributed by atoms with Crippen LogP contribution in [0.5, 0.6) is 0 Å². The van der Waals surface area contributed by atoms with Crippen LogP contribution in [0, 0.1) is 6.92 Å². The number of nitrogens with two attached hydrogens (primary N) is 1. The molecule has 1 aromatic carbocycles. The molecule has 0 aliphatic carbocycles. The minimum atomic E-state index is -0.454. The third-order valence-corrected chi connectivity index (χ3v) is 8.16. The molecule has 0 saturated carbocycles. The summed E-state index contributed by atoms with van der Waals surface area (Å²) in [5.74, 6) is 0.686. The van der Waals surface area contributed by atoms with Gasteiger partial charge in [0, 0.05) is 56.8 Å². The number of nitrogens with one attached hydrogen (secondary N) is 1. The van der Waals surface area contributed by atoms with Crippen LogP contribution in [-0.2, 0) is 9.53 Å². The summed E-state index contributed by atoms with van der Waals surface area (Å²) in [6.07, 6.45) is 2.79. The molecule has 2 aliphatic rings. The number of aromatic amines is 1. The highest BCUT2D eigenvalue weighted by Crippen LogP contribution is 2.31. The lowest BCUT2D eigenvalue weighted by Crippen LogP contribution is -2.59. The van der Waals surface area contributed by atoms with Crippen molar-refractivity contribution in [1.82, 2.24) is 30.0 Å². The zero-order valence-electron chi connectivity index (χ0n) is 23.0. The molecule has 13 heteroatoms. The maximum absolute atomic E-state index is 13.0. The first-order valence-electron chi connectivity index (χ1n) is 13.6. The molecule has 2 fully saturated rings. The number of methoxy groups -OCH3 is 1. The van der Waals surface area contributed by atoms with E-state index in [1.54, 1.807) is 19.1 Å². The van der Waals surface area contributed by atoms with Gasteiger partial charge in [-0.25, -0.2) is 9.78 Å². The highest BCUT2D eigenvalue weighted by Gasteiger charge is 2.37. The van der Waals surface area contributed by atoms with E-state index in [9.17, 15) is 9.59 Å². The summed E-state index contributed by atoms with van der Waals surface area (Å²) in [4.78, 5) is 39.7. The molecule has 5 rings (SSSR count). The van der Waals surface area contributed by atoms with E-state index in [0.717, 1.165) is 44.5 Å². The Morgan fingerprint density at radius 2 is 1.93 bits per heavy atom. The number of aryl methyl sites for hydroxylation is 1. The zero-order chi connectivity index (χ0) is 28.4. The molecule has 4 heterocycles. The number of carbonyl (C=O) groups is 1. The molecule has 12 nitrogen and oxygen atoms in total. The normalized spacial score (nSPS) is 20.0. The number of piperidine rings is 1. The summed E-state index contributed by atoms with van der Waals surface area (Å²) >= 11 is 6.07. The number of piperazine rings is 1. The molecule has 2 unspecified atom stereocenters. The van der Waals surface area contributed by atoms with E-state index in [4.69, 9.17) is 26.5 Å². The summed E-state index contributed by atoms with van der Waals surface area (Å²) in [6.45, 7) is 7.50. The molecule has 0 spiro atoms. The van der Waals surface area contributed by atoms with Gasteiger partial charge >= 0.3 is 5.97 Å². The topological polar surface area (TPSA) is 147 Å². The van der Waals surface area contributed by atoms with Gasteiger partial charge in [-0.15, -0.1) is 10.2 Å². The van der Waals surface area contributed by atoms with E-state index < -0.39 is 6.04 Å². The van der Waals surface area contributed by atoms with Gasteiger partial charge in [0.2, 0.25) is 5.89 Å². The van der Waals surface area contributed by atoms with Crippen LogP contribution in [-0.4, -0.2) is 87.9 Å². The smallest absolute Gasteiger partial charge is 0.327 e. The van der Waals surface area contributed by atoms with Crippen LogP contribution in [0.4, 0.5) is 11.6 Å². The molecule has 214 valence electrons. The second-order valence-corrected chi connectivity index (χ2v) is 10.7. The van der Waals surface area contributed by atoms with Crippen LogP contribution in [0.25, 0.3) is 11.6 Å². The minimum Gasteiger partial charge on any atom is -0.468 e. The summed E-state index contributed by atoms with van der Waals surface area (Å²) in [5.41, 5.74) is 6.95. The van der Waals surface area contributed by atoms with Crippen molar-refractivity contribution in [3.8, 4) is 11.6 Å². The number of esters is 1. The number of halogens is 1. The number of anilines is 2. The predicted octanol–water partition coefficient (Wildman–Crippen LogP) is 2.64.